The molecule has 0 fully saturated rings. The first-order valence-corrected chi connectivity index (χ1v) is 5.31. The van der Waals surface area contributed by atoms with Gasteiger partial charge in [-0.2, -0.15) is 0 Å². The lowest BCUT2D eigenvalue weighted by molar-refractivity contribution is 0.199. The summed E-state index contributed by atoms with van der Waals surface area (Å²) in [6, 6.07) is 0. The molecule has 0 unspecified atom stereocenters. The second-order valence-corrected chi connectivity index (χ2v) is 4.00. The SMILES string of the molecule is COCCNCc1cn(CC(C)C)nn1. The number of ether oxygens (including phenoxy) is 1. The molecule has 0 amide bonds. The van der Waals surface area contributed by atoms with E-state index in [1.165, 1.54) is 0 Å². The van der Waals surface area contributed by atoms with Crippen LogP contribution in [0.15, 0.2) is 6.20 Å². The minimum absolute atomic E-state index is 0.598. The Balaban J connectivity index is 2.26. The van der Waals surface area contributed by atoms with Crippen LogP contribution in [-0.4, -0.2) is 35.3 Å². The summed E-state index contributed by atoms with van der Waals surface area (Å²) < 4.78 is 6.82. The van der Waals surface area contributed by atoms with Crippen LogP contribution in [0.25, 0.3) is 0 Å². The lowest BCUT2D eigenvalue weighted by Crippen LogP contribution is -2.18. The van der Waals surface area contributed by atoms with Crippen molar-refractivity contribution >= 4 is 0 Å². The van der Waals surface area contributed by atoms with Gasteiger partial charge in [0.2, 0.25) is 0 Å². The Labute approximate surface area is 90.8 Å². The van der Waals surface area contributed by atoms with E-state index in [9.17, 15) is 0 Å². The molecule has 0 spiro atoms. The van der Waals surface area contributed by atoms with Gasteiger partial charge in [-0.15, -0.1) is 5.10 Å². The van der Waals surface area contributed by atoms with Gasteiger partial charge in [-0.25, -0.2) is 0 Å². The zero-order valence-electron chi connectivity index (χ0n) is 9.73. The molecule has 5 heteroatoms. The predicted molar refractivity (Wildman–Crippen MR) is 58.4 cm³/mol. The molecule has 0 atom stereocenters. The number of nitrogens with one attached hydrogen (secondary N) is 1. The molecule has 86 valence electrons. The van der Waals surface area contributed by atoms with Crippen LogP contribution in [0.5, 0.6) is 0 Å². The van der Waals surface area contributed by atoms with Crippen molar-refractivity contribution < 1.29 is 4.74 Å². The maximum atomic E-state index is 4.93. The van der Waals surface area contributed by atoms with E-state index in [0.29, 0.717) is 5.92 Å². The molecular formula is C10H20N4O. The summed E-state index contributed by atoms with van der Waals surface area (Å²) in [5.74, 6) is 0.598. The number of rotatable bonds is 7. The molecule has 0 saturated heterocycles. The van der Waals surface area contributed by atoms with Gasteiger partial charge in [0.05, 0.1) is 12.3 Å². The van der Waals surface area contributed by atoms with Crippen molar-refractivity contribution in [2.24, 2.45) is 5.92 Å². The topological polar surface area (TPSA) is 52.0 Å². The van der Waals surface area contributed by atoms with Crippen LogP contribution in [0.4, 0.5) is 0 Å². The summed E-state index contributed by atoms with van der Waals surface area (Å²) >= 11 is 0. The molecule has 5 nitrogen and oxygen atoms in total. The summed E-state index contributed by atoms with van der Waals surface area (Å²) in [6.07, 6.45) is 1.99. The molecule has 1 N–H and O–H groups in total. The molecule has 0 saturated carbocycles. The van der Waals surface area contributed by atoms with Gasteiger partial charge >= 0.3 is 0 Å². The molecule has 1 aromatic rings. The van der Waals surface area contributed by atoms with E-state index >= 15 is 0 Å². The Kier molecular flexibility index (Phi) is 5.28. The monoisotopic (exact) mass is 212 g/mol. The quantitative estimate of drug-likeness (QED) is 0.675. The van der Waals surface area contributed by atoms with Crippen molar-refractivity contribution in [2.75, 3.05) is 20.3 Å². The van der Waals surface area contributed by atoms with Crippen molar-refractivity contribution in [2.45, 2.75) is 26.9 Å². The van der Waals surface area contributed by atoms with E-state index in [1.54, 1.807) is 7.11 Å². The number of hydrogen-bond donors (Lipinski definition) is 1. The van der Waals surface area contributed by atoms with Crippen molar-refractivity contribution in [3.05, 3.63) is 11.9 Å². The van der Waals surface area contributed by atoms with E-state index in [0.717, 1.165) is 31.9 Å². The highest BCUT2D eigenvalue weighted by Crippen LogP contribution is 1.98. The smallest absolute Gasteiger partial charge is 0.0964 e. The van der Waals surface area contributed by atoms with Gasteiger partial charge in [-0.1, -0.05) is 19.1 Å². The van der Waals surface area contributed by atoms with Gasteiger partial charge in [0, 0.05) is 32.9 Å². The van der Waals surface area contributed by atoms with Gasteiger partial charge < -0.3 is 10.1 Å². The third kappa shape index (κ3) is 4.90. The van der Waals surface area contributed by atoms with Gasteiger partial charge in [0.1, 0.15) is 0 Å². The average Bonchev–Trinajstić information content (AvgIpc) is 2.59. The largest absolute Gasteiger partial charge is 0.383 e. The molecule has 1 rings (SSSR count). The van der Waals surface area contributed by atoms with E-state index < -0.39 is 0 Å². The molecule has 0 aliphatic rings. The van der Waals surface area contributed by atoms with Gasteiger partial charge in [-0.05, 0) is 5.92 Å². The van der Waals surface area contributed by atoms with Gasteiger partial charge in [-0.3, -0.25) is 4.68 Å². The standard InChI is InChI=1S/C10H20N4O/c1-9(2)7-14-8-10(12-13-14)6-11-4-5-15-3/h8-9,11H,4-7H2,1-3H3. The Morgan fingerprint density at radius 2 is 2.33 bits per heavy atom. The third-order valence-corrected chi connectivity index (χ3v) is 1.93. The van der Waals surface area contributed by atoms with E-state index in [2.05, 4.69) is 29.5 Å². The van der Waals surface area contributed by atoms with Gasteiger partial charge in [0.25, 0.3) is 0 Å². The Hall–Kier alpha value is -0.940. The van der Waals surface area contributed by atoms with Crippen LogP contribution < -0.4 is 5.32 Å². The van der Waals surface area contributed by atoms with E-state index in [4.69, 9.17) is 4.74 Å². The highest BCUT2D eigenvalue weighted by molar-refractivity contribution is 4.91. The predicted octanol–water partition coefficient (Wildman–Crippen LogP) is 0.670. The van der Waals surface area contributed by atoms with Crippen LogP contribution in [0.1, 0.15) is 19.5 Å². The summed E-state index contributed by atoms with van der Waals surface area (Å²) in [5, 5.41) is 11.4. The first-order valence-electron chi connectivity index (χ1n) is 5.31. The lowest BCUT2D eigenvalue weighted by Gasteiger charge is -2.02. The first-order chi connectivity index (χ1) is 7.22. The number of aromatic nitrogens is 3. The minimum Gasteiger partial charge on any atom is -0.383 e. The normalized spacial score (nSPS) is 11.2. The fraction of sp³-hybridized carbons (Fsp3) is 0.800. The van der Waals surface area contributed by atoms with Crippen LogP contribution in [0.3, 0.4) is 0 Å². The Morgan fingerprint density at radius 1 is 1.53 bits per heavy atom. The van der Waals surface area contributed by atoms with Crippen molar-refractivity contribution in [3.63, 3.8) is 0 Å². The van der Waals surface area contributed by atoms with Crippen molar-refractivity contribution in [1.82, 2.24) is 20.3 Å². The van der Waals surface area contributed by atoms with Gasteiger partial charge in [0.15, 0.2) is 0 Å². The van der Waals surface area contributed by atoms with Crippen LogP contribution in [0.2, 0.25) is 0 Å². The summed E-state index contributed by atoms with van der Waals surface area (Å²) in [6.45, 7) is 7.57. The number of methoxy groups -OCH3 is 1. The van der Waals surface area contributed by atoms with Crippen molar-refractivity contribution in [1.29, 1.82) is 0 Å². The third-order valence-electron chi connectivity index (χ3n) is 1.93. The van der Waals surface area contributed by atoms with Crippen LogP contribution in [-0.2, 0) is 17.8 Å². The van der Waals surface area contributed by atoms with Crippen LogP contribution >= 0.6 is 0 Å². The molecule has 1 heterocycles. The fourth-order valence-electron chi connectivity index (χ4n) is 1.27. The summed E-state index contributed by atoms with van der Waals surface area (Å²) in [7, 11) is 1.70. The lowest BCUT2D eigenvalue weighted by atomic mass is 10.2. The molecule has 15 heavy (non-hydrogen) atoms. The Morgan fingerprint density at radius 3 is 3.00 bits per heavy atom. The second-order valence-electron chi connectivity index (χ2n) is 4.00. The highest BCUT2D eigenvalue weighted by Gasteiger charge is 2.01. The Bertz CT molecular complexity index is 272. The van der Waals surface area contributed by atoms with E-state index in [-0.39, 0.29) is 0 Å². The molecule has 0 bridgehead atoms. The summed E-state index contributed by atoms with van der Waals surface area (Å²) in [4.78, 5) is 0. The molecule has 0 radical (unpaired) electrons. The fourth-order valence-corrected chi connectivity index (χ4v) is 1.27. The zero-order chi connectivity index (χ0) is 11.1. The molecule has 0 aromatic carbocycles. The molecule has 0 aliphatic carbocycles. The van der Waals surface area contributed by atoms with Crippen molar-refractivity contribution in [3.8, 4) is 0 Å². The summed E-state index contributed by atoms with van der Waals surface area (Å²) in [5.41, 5.74) is 0.978. The maximum Gasteiger partial charge on any atom is 0.0964 e. The molecule has 1 aromatic heterocycles. The first kappa shape index (κ1) is 12.1. The minimum atomic E-state index is 0.598. The van der Waals surface area contributed by atoms with E-state index in [1.807, 2.05) is 10.9 Å². The average molecular weight is 212 g/mol. The second kappa shape index (κ2) is 6.53. The number of hydrogen-bond acceptors (Lipinski definition) is 4. The maximum absolute atomic E-state index is 4.93. The number of nitrogens with zero attached hydrogens (tertiary/aromatic N) is 3. The molecule has 0 aliphatic heterocycles. The molecular weight excluding hydrogens is 192 g/mol. The zero-order valence-corrected chi connectivity index (χ0v) is 9.73. The van der Waals surface area contributed by atoms with Crippen LogP contribution in [0, 0.1) is 5.92 Å². The highest BCUT2D eigenvalue weighted by atomic mass is 16.5.